The average molecular weight is 434 g/mol. The first kappa shape index (κ1) is 20.5. The molecular weight excluding hydrogens is 406 g/mol. The molecule has 5 rings (SSSR count). The molecule has 1 aliphatic rings. The number of aromatic nitrogens is 7. The number of nitrogens with two attached hydrogens (primary N) is 1. The van der Waals surface area contributed by atoms with Crippen molar-refractivity contribution in [3.05, 3.63) is 42.9 Å². The molecule has 166 valence electrons. The normalized spacial score (nSPS) is 18.8. The lowest BCUT2D eigenvalue weighted by molar-refractivity contribution is 0.183. The van der Waals surface area contributed by atoms with Crippen LogP contribution in [0.2, 0.25) is 0 Å². The van der Waals surface area contributed by atoms with Crippen LogP contribution in [0.15, 0.2) is 42.9 Å². The Morgan fingerprint density at radius 3 is 2.69 bits per heavy atom. The third-order valence-corrected chi connectivity index (χ3v) is 5.90. The Labute approximate surface area is 185 Å². The zero-order valence-corrected chi connectivity index (χ0v) is 18.1. The molecule has 10 nitrogen and oxygen atoms in total. The van der Waals surface area contributed by atoms with Gasteiger partial charge in [-0.2, -0.15) is 14.8 Å². The van der Waals surface area contributed by atoms with E-state index >= 15 is 0 Å². The predicted molar refractivity (Wildman–Crippen MR) is 121 cm³/mol. The highest BCUT2D eigenvalue weighted by Crippen LogP contribution is 2.23. The number of rotatable bonds is 7. The third kappa shape index (κ3) is 4.32. The van der Waals surface area contributed by atoms with Crippen LogP contribution in [0.1, 0.15) is 25.7 Å². The van der Waals surface area contributed by atoms with Crippen molar-refractivity contribution in [3.8, 4) is 16.8 Å². The zero-order chi connectivity index (χ0) is 21.9. The minimum Gasteiger partial charge on any atom is -0.383 e. The summed E-state index contributed by atoms with van der Waals surface area (Å²) in [5, 5.41) is 16.3. The summed E-state index contributed by atoms with van der Waals surface area (Å²) < 4.78 is 8.73. The third-order valence-electron chi connectivity index (χ3n) is 5.90. The van der Waals surface area contributed by atoms with Crippen molar-refractivity contribution in [2.24, 2.45) is 5.73 Å². The summed E-state index contributed by atoms with van der Waals surface area (Å²) in [5.74, 6) is 0.599. The number of nitrogens with zero attached hydrogens (tertiary/aromatic N) is 7. The molecule has 1 aliphatic carbocycles. The van der Waals surface area contributed by atoms with Crippen LogP contribution < -0.4 is 11.1 Å². The van der Waals surface area contributed by atoms with E-state index in [1.807, 2.05) is 41.3 Å². The molecule has 1 fully saturated rings. The van der Waals surface area contributed by atoms with E-state index in [0.717, 1.165) is 49.0 Å². The molecule has 32 heavy (non-hydrogen) atoms. The zero-order valence-electron chi connectivity index (χ0n) is 18.1. The maximum atomic E-state index is 6.01. The Morgan fingerprint density at radius 1 is 1.09 bits per heavy atom. The summed E-state index contributed by atoms with van der Waals surface area (Å²) >= 11 is 0. The Morgan fingerprint density at radius 2 is 1.91 bits per heavy atom. The summed E-state index contributed by atoms with van der Waals surface area (Å²) in [5.41, 5.74) is 10.4. The van der Waals surface area contributed by atoms with Crippen molar-refractivity contribution in [2.45, 2.75) is 44.3 Å². The monoisotopic (exact) mass is 433 g/mol. The second kappa shape index (κ2) is 9.01. The van der Waals surface area contributed by atoms with Gasteiger partial charge in [0.1, 0.15) is 0 Å². The molecule has 3 aromatic heterocycles. The molecule has 0 radical (unpaired) electrons. The summed E-state index contributed by atoms with van der Waals surface area (Å²) in [6, 6.07) is 8.77. The molecule has 1 aromatic carbocycles. The van der Waals surface area contributed by atoms with E-state index in [4.69, 9.17) is 15.5 Å². The largest absolute Gasteiger partial charge is 0.383 e. The van der Waals surface area contributed by atoms with E-state index < -0.39 is 0 Å². The van der Waals surface area contributed by atoms with Gasteiger partial charge in [-0.3, -0.25) is 4.68 Å². The van der Waals surface area contributed by atoms with Crippen LogP contribution in [0.25, 0.3) is 28.0 Å². The smallest absolute Gasteiger partial charge is 0.225 e. The quantitative estimate of drug-likeness (QED) is 0.456. The lowest BCUT2D eigenvalue weighted by Crippen LogP contribution is -2.33. The standard InChI is InChI=1S/C22H27N9O/c1-32-11-10-30-14-16(12-25-30)15-2-8-19(9-3-15)31-21-20(28-29-31)13-24-22(27-21)26-18-6-4-17(23)5-7-18/h2-3,8-9,12-14,17-18H,4-7,10-11,23H2,1H3,(H,24,26,27). The molecule has 3 heterocycles. The van der Waals surface area contributed by atoms with Crippen molar-refractivity contribution in [3.63, 3.8) is 0 Å². The van der Waals surface area contributed by atoms with E-state index in [0.29, 0.717) is 35.8 Å². The highest BCUT2D eigenvalue weighted by Gasteiger charge is 2.19. The Kier molecular flexibility index (Phi) is 5.78. The van der Waals surface area contributed by atoms with Gasteiger partial charge in [0.15, 0.2) is 11.2 Å². The second-order valence-electron chi connectivity index (χ2n) is 8.19. The highest BCUT2D eigenvalue weighted by atomic mass is 16.5. The van der Waals surface area contributed by atoms with Crippen LogP contribution in [-0.4, -0.2) is 60.5 Å². The predicted octanol–water partition coefficient (Wildman–Crippen LogP) is 2.40. The van der Waals surface area contributed by atoms with E-state index in [-0.39, 0.29) is 0 Å². The van der Waals surface area contributed by atoms with Gasteiger partial charge in [0.2, 0.25) is 5.95 Å². The molecule has 3 N–H and O–H groups in total. The van der Waals surface area contributed by atoms with Crippen molar-refractivity contribution >= 4 is 17.1 Å². The summed E-state index contributed by atoms with van der Waals surface area (Å²) in [4.78, 5) is 9.11. The highest BCUT2D eigenvalue weighted by molar-refractivity contribution is 5.72. The maximum absolute atomic E-state index is 6.01. The Balaban J connectivity index is 1.35. The fourth-order valence-electron chi connectivity index (χ4n) is 4.03. The van der Waals surface area contributed by atoms with Gasteiger partial charge in [0, 0.05) is 31.0 Å². The molecule has 0 bridgehead atoms. The van der Waals surface area contributed by atoms with Gasteiger partial charge in [-0.15, -0.1) is 5.10 Å². The average Bonchev–Trinajstić information content (AvgIpc) is 3.46. The van der Waals surface area contributed by atoms with Crippen LogP contribution in [0, 0.1) is 0 Å². The van der Waals surface area contributed by atoms with Crippen LogP contribution >= 0.6 is 0 Å². The number of nitrogens with one attached hydrogen (secondary N) is 1. The Bertz CT molecular complexity index is 1180. The van der Waals surface area contributed by atoms with E-state index in [2.05, 4.69) is 25.7 Å². The molecule has 0 atom stereocenters. The van der Waals surface area contributed by atoms with E-state index in [9.17, 15) is 0 Å². The Hall–Kier alpha value is -3.37. The summed E-state index contributed by atoms with van der Waals surface area (Å²) in [6.45, 7) is 1.36. The molecule has 0 aliphatic heterocycles. The number of ether oxygens (including phenoxy) is 1. The van der Waals surface area contributed by atoms with Gasteiger partial charge < -0.3 is 15.8 Å². The molecule has 0 saturated heterocycles. The number of anilines is 1. The number of hydrogen-bond acceptors (Lipinski definition) is 8. The molecule has 4 aromatic rings. The van der Waals surface area contributed by atoms with Gasteiger partial charge >= 0.3 is 0 Å². The van der Waals surface area contributed by atoms with E-state index in [1.165, 1.54) is 0 Å². The van der Waals surface area contributed by atoms with Crippen LogP contribution in [0.3, 0.4) is 0 Å². The van der Waals surface area contributed by atoms with Crippen LogP contribution in [0.4, 0.5) is 5.95 Å². The number of hydrogen-bond donors (Lipinski definition) is 2. The van der Waals surface area contributed by atoms with Crippen molar-refractivity contribution in [1.82, 2.24) is 34.7 Å². The second-order valence-corrected chi connectivity index (χ2v) is 8.19. The molecule has 0 amide bonds. The number of benzene rings is 1. The minimum absolute atomic E-state index is 0.310. The summed E-state index contributed by atoms with van der Waals surface area (Å²) in [6.07, 6.45) is 9.70. The fraction of sp³-hybridized carbons (Fsp3) is 0.409. The molecule has 0 unspecified atom stereocenters. The lowest BCUT2D eigenvalue weighted by Gasteiger charge is -2.26. The van der Waals surface area contributed by atoms with Gasteiger partial charge in [-0.25, -0.2) is 4.98 Å². The van der Waals surface area contributed by atoms with Crippen molar-refractivity contribution in [2.75, 3.05) is 19.0 Å². The van der Waals surface area contributed by atoms with Gasteiger partial charge in [-0.05, 0) is 43.4 Å². The minimum atomic E-state index is 0.310. The maximum Gasteiger partial charge on any atom is 0.225 e. The SMILES string of the molecule is COCCn1cc(-c2ccc(-n3nnc4cnc(NC5CCC(N)CC5)nc43)cc2)cn1. The molecular formula is C22H27N9O. The molecule has 10 heteroatoms. The van der Waals surface area contributed by atoms with E-state index in [1.54, 1.807) is 18.0 Å². The summed E-state index contributed by atoms with van der Waals surface area (Å²) in [7, 11) is 1.69. The van der Waals surface area contributed by atoms with Crippen molar-refractivity contribution < 1.29 is 4.74 Å². The lowest BCUT2D eigenvalue weighted by atomic mass is 9.92. The first-order valence-corrected chi connectivity index (χ1v) is 10.9. The number of fused-ring (bicyclic) bond motifs is 1. The molecule has 1 saturated carbocycles. The fourth-order valence-corrected chi connectivity index (χ4v) is 4.03. The molecule has 0 spiro atoms. The first-order valence-electron chi connectivity index (χ1n) is 10.9. The first-order chi connectivity index (χ1) is 15.7. The van der Waals surface area contributed by atoms with Gasteiger partial charge in [0.05, 0.1) is 31.2 Å². The van der Waals surface area contributed by atoms with Gasteiger partial charge in [-0.1, -0.05) is 17.3 Å². The van der Waals surface area contributed by atoms with Crippen LogP contribution in [-0.2, 0) is 11.3 Å². The van der Waals surface area contributed by atoms with Gasteiger partial charge in [0.25, 0.3) is 0 Å². The number of methoxy groups -OCH3 is 1. The topological polar surface area (TPSA) is 122 Å². The van der Waals surface area contributed by atoms with Crippen LogP contribution in [0.5, 0.6) is 0 Å². The van der Waals surface area contributed by atoms with Crippen molar-refractivity contribution in [1.29, 1.82) is 0 Å².